The second-order valence-corrected chi connectivity index (χ2v) is 6.57. The molecule has 0 saturated carbocycles. The van der Waals surface area contributed by atoms with Crippen LogP contribution in [0.4, 0.5) is 11.8 Å². The Kier molecular flexibility index (Phi) is 3.70. The van der Waals surface area contributed by atoms with E-state index in [1.54, 1.807) is 0 Å². The average Bonchev–Trinajstić information content (AvgIpc) is 2.47. The number of benzene rings is 1. The number of nitrogens with one attached hydrogen (secondary N) is 1. The van der Waals surface area contributed by atoms with Crippen LogP contribution in [0.5, 0.6) is 0 Å². The van der Waals surface area contributed by atoms with Crippen molar-refractivity contribution in [2.45, 2.75) is 33.6 Å². The fourth-order valence-corrected chi connectivity index (χ4v) is 2.86. The fourth-order valence-electron chi connectivity index (χ4n) is 2.86. The van der Waals surface area contributed by atoms with Gasteiger partial charge in [0.1, 0.15) is 5.82 Å². The first kappa shape index (κ1) is 14.1. The summed E-state index contributed by atoms with van der Waals surface area (Å²) in [4.78, 5) is 11.8. The van der Waals surface area contributed by atoms with E-state index in [1.165, 1.54) is 12.8 Å². The third-order valence-electron chi connectivity index (χ3n) is 4.33. The lowest BCUT2D eigenvalue weighted by molar-refractivity contribution is 0.279. The molecule has 1 aromatic heterocycles. The number of anilines is 2. The Morgan fingerprint density at radius 3 is 2.57 bits per heavy atom. The summed E-state index contributed by atoms with van der Waals surface area (Å²) >= 11 is 0. The smallest absolute Gasteiger partial charge is 0.225 e. The quantitative estimate of drug-likeness (QED) is 0.933. The highest BCUT2D eigenvalue weighted by Crippen LogP contribution is 2.34. The number of rotatable bonds is 3. The first-order valence-electron chi connectivity index (χ1n) is 7.85. The monoisotopic (exact) mass is 284 g/mol. The van der Waals surface area contributed by atoms with E-state index in [9.17, 15) is 0 Å². The van der Waals surface area contributed by atoms with Gasteiger partial charge in [-0.25, -0.2) is 4.98 Å². The van der Waals surface area contributed by atoms with Gasteiger partial charge in [-0.3, -0.25) is 0 Å². The Bertz CT molecular complexity index is 626. The Morgan fingerprint density at radius 2 is 1.86 bits per heavy atom. The Balaban J connectivity index is 2.00. The summed E-state index contributed by atoms with van der Waals surface area (Å²) in [6.07, 6.45) is 2.42. The van der Waals surface area contributed by atoms with Gasteiger partial charge in [0.25, 0.3) is 0 Å². The lowest BCUT2D eigenvalue weighted by Gasteiger charge is -2.38. The number of fused-ring (bicyclic) bond motifs is 1. The van der Waals surface area contributed by atoms with Gasteiger partial charge in [0, 0.05) is 25.0 Å². The molecule has 2 aromatic rings. The van der Waals surface area contributed by atoms with Crippen LogP contribution in [0.25, 0.3) is 10.9 Å². The molecule has 1 saturated heterocycles. The van der Waals surface area contributed by atoms with E-state index in [0.29, 0.717) is 5.41 Å². The molecule has 0 spiro atoms. The summed E-state index contributed by atoms with van der Waals surface area (Å²) in [6, 6.07) is 8.29. The Morgan fingerprint density at radius 1 is 1.14 bits per heavy atom. The molecule has 0 atom stereocenters. The van der Waals surface area contributed by atoms with E-state index < -0.39 is 0 Å². The lowest BCUT2D eigenvalue weighted by atomic mass is 9.82. The Hall–Kier alpha value is -1.84. The molecule has 0 unspecified atom stereocenters. The lowest BCUT2D eigenvalue weighted by Crippen LogP contribution is -2.38. The number of hydrogen-bond acceptors (Lipinski definition) is 4. The number of hydrogen-bond donors (Lipinski definition) is 1. The van der Waals surface area contributed by atoms with Crippen LogP contribution in [0, 0.1) is 5.41 Å². The zero-order chi connectivity index (χ0) is 14.9. The second kappa shape index (κ2) is 5.51. The minimum absolute atomic E-state index is 0.448. The predicted octanol–water partition coefficient (Wildman–Crippen LogP) is 3.69. The van der Waals surface area contributed by atoms with Crippen molar-refractivity contribution >= 4 is 22.7 Å². The maximum atomic E-state index is 4.77. The van der Waals surface area contributed by atoms with E-state index in [-0.39, 0.29) is 0 Å². The van der Waals surface area contributed by atoms with Crippen LogP contribution in [0.1, 0.15) is 33.6 Å². The molecule has 4 heteroatoms. The average molecular weight is 284 g/mol. The highest BCUT2D eigenvalue weighted by Gasteiger charge is 2.27. The van der Waals surface area contributed by atoms with Gasteiger partial charge in [0.2, 0.25) is 5.95 Å². The van der Waals surface area contributed by atoms with E-state index in [1.807, 2.05) is 6.07 Å². The van der Waals surface area contributed by atoms with Crippen molar-refractivity contribution in [3.8, 4) is 0 Å². The van der Waals surface area contributed by atoms with Crippen molar-refractivity contribution in [3.63, 3.8) is 0 Å². The minimum Gasteiger partial charge on any atom is -0.356 e. The van der Waals surface area contributed by atoms with Crippen molar-refractivity contribution in [3.05, 3.63) is 24.3 Å². The van der Waals surface area contributed by atoms with E-state index >= 15 is 0 Å². The number of aromatic nitrogens is 2. The van der Waals surface area contributed by atoms with Crippen LogP contribution in [-0.2, 0) is 0 Å². The molecule has 0 aliphatic carbocycles. The molecule has 4 nitrogen and oxygen atoms in total. The molecule has 0 amide bonds. The van der Waals surface area contributed by atoms with Crippen LogP contribution < -0.4 is 10.2 Å². The van der Waals surface area contributed by atoms with E-state index in [2.05, 4.69) is 54.2 Å². The predicted molar refractivity (Wildman–Crippen MR) is 88.9 cm³/mol. The number of nitrogens with zero attached hydrogens (tertiary/aromatic N) is 3. The summed E-state index contributed by atoms with van der Waals surface area (Å²) in [7, 11) is 0. The molecule has 1 aromatic carbocycles. The van der Waals surface area contributed by atoms with Crippen molar-refractivity contribution in [1.29, 1.82) is 0 Å². The minimum atomic E-state index is 0.448. The molecular formula is C17H24N4. The zero-order valence-electron chi connectivity index (χ0n) is 13.2. The Labute approximate surface area is 126 Å². The van der Waals surface area contributed by atoms with Crippen LogP contribution in [0.3, 0.4) is 0 Å². The topological polar surface area (TPSA) is 41.1 Å². The highest BCUT2D eigenvalue weighted by molar-refractivity contribution is 5.90. The molecule has 3 rings (SSSR count). The maximum Gasteiger partial charge on any atom is 0.225 e. The van der Waals surface area contributed by atoms with Gasteiger partial charge in [-0.2, -0.15) is 4.98 Å². The van der Waals surface area contributed by atoms with Crippen LogP contribution in [-0.4, -0.2) is 29.6 Å². The largest absolute Gasteiger partial charge is 0.356 e. The molecule has 1 aliphatic heterocycles. The van der Waals surface area contributed by atoms with Crippen molar-refractivity contribution in [2.75, 3.05) is 29.9 Å². The van der Waals surface area contributed by atoms with Crippen molar-refractivity contribution in [1.82, 2.24) is 9.97 Å². The van der Waals surface area contributed by atoms with Crippen molar-refractivity contribution < 1.29 is 0 Å². The third-order valence-corrected chi connectivity index (χ3v) is 4.33. The van der Waals surface area contributed by atoms with Gasteiger partial charge >= 0.3 is 0 Å². The number of para-hydroxylation sites is 1. The first-order valence-corrected chi connectivity index (χ1v) is 7.85. The van der Waals surface area contributed by atoms with Gasteiger partial charge in [0.05, 0.1) is 5.52 Å². The molecule has 0 radical (unpaired) electrons. The molecule has 112 valence electrons. The molecule has 1 aliphatic rings. The highest BCUT2D eigenvalue weighted by atomic mass is 15.2. The maximum absolute atomic E-state index is 4.77. The summed E-state index contributed by atoms with van der Waals surface area (Å²) in [5.41, 5.74) is 1.47. The molecule has 1 fully saturated rings. The van der Waals surface area contributed by atoms with Gasteiger partial charge in [0.15, 0.2) is 0 Å². The van der Waals surface area contributed by atoms with Gasteiger partial charge in [-0.1, -0.05) is 26.0 Å². The summed E-state index contributed by atoms with van der Waals surface area (Å²) in [6.45, 7) is 9.75. The molecule has 21 heavy (non-hydrogen) atoms. The van der Waals surface area contributed by atoms with Gasteiger partial charge in [-0.15, -0.1) is 0 Å². The van der Waals surface area contributed by atoms with Crippen LogP contribution >= 0.6 is 0 Å². The van der Waals surface area contributed by atoms with Gasteiger partial charge in [-0.05, 0) is 37.3 Å². The van der Waals surface area contributed by atoms with Crippen molar-refractivity contribution in [2.24, 2.45) is 5.41 Å². The van der Waals surface area contributed by atoms with Crippen LogP contribution in [0.2, 0.25) is 0 Å². The number of piperidine rings is 1. The third kappa shape index (κ3) is 2.94. The normalized spacial score (nSPS) is 18.0. The molecular weight excluding hydrogens is 260 g/mol. The molecule has 2 heterocycles. The SMILES string of the molecule is CCNc1nc(N2CCC(C)(C)CC2)c2ccccc2n1. The standard InChI is InChI=1S/C17H24N4/c1-4-18-16-19-14-8-6-5-7-13(14)15(20-16)21-11-9-17(2,3)10-12-21/h5-8H,4,9-12H2,1-3H3,(H,18,19,20). The first-order chi connectivity index (χ1) is 10.1. The molecule has 1 N–H and O–H groups in total. The van der Waals surface area contributed by atoms with Crippen LogP contribution in [0.15, 0.2) is 24.3 Å². The molecule has 0 bridgehead atoms. The summed E-state index contributed by atoms with van der Waals surface area (Å²) in [5.74, 6) is 1.81. The summed E-state index contributed by atoms with van der Waals surface area (Å²) in [5, 5.41) is 4.40. The fraction of sp³-hybridized carbons (Fsp3) is 0.529. The van der Waals surface area contributed by atoms with E-state index in [4.69, 9.17) is 4.98 Å². The summed E-state index contributed by atoms with van der Waals surface area (Å²) < 4.78 is 0. The zero-order valence-corrected chi connectivity index (χ0v) is 13.2. The van der Waals surface area contributed by atoms with E-state index in [0.717, 1.165) is 42.3 Å². The van der Waals surface area contributed by atoms with Gasteiger partial charge < -0.3 is 10.2 Å². The second-order valence-electron chi connectivity index (χ2n) is 6.57.